The molecule has 1 nitrogen and oxygen atoms in total. The van der Waals surface area contributed by atoms with E-state index in [2.05, 4.69) is 36.9 Å². The van der Waals surface area contributed by atoms with Crippen LogP contribution in [0.15, 0.2) is 18.2 Å². The van der Waals surface area contributed by atoms with E-state index in [0.717, 1.165) is 25.9 Å². The van der Waals surface area contributed by atoms with Gasteiger partial charge in [0, 0.05) is 13.1 Å². The smallest absolute Gasteiger partial charge is 0.113 e. The van der Waals surface area contributed by atoms with Crippen LogP contribution in [0, 0.1) is 13.8 Å². The molecule has 1 aromatic carbocycles. The Morgan fingerprint density at radius 3 is 2.62 bits per heavy atom. The van der Waals surface area contributed by atoms with Gasteiger partial charge in [-0.2, -0.15) is 0 Å². The van der Waals surface area contributed by atoms with E-state index in [4.69, 9.17) is 0 Å². The van der Waals surface area contributed by atoms with E-state index in [9.17, 15) is 4.39 Å². The van der Waals surface area contributed by atoms with Crippen LogP contribution >= 0.6 is 0 Å². The molecule has 0 aliphatic carbocycles. The number of piperidine rings is 1. The van der Waals surface area contributed by atoms with Crippen LogP contribution in [0.25, 0.3) is 0 Å². The van der Waals surface area contributed by atoms with Crippen LogP contribution in [0.3, 0.4) is 0 Å². The molecule has 1 atom stereocenters. The van der Waals surface area contributed by atoms with Crippen LogP contribution in [0.2, 0.25) is 0 Å². The molecular formula is C14H20FN. The maximum atomic E-state index is 13.3. The van der Waals surface area contributed by atoms with Gasteiger partial charge in [-0.15, -0.1) is 0 Å². The Labute approximate surface area is 97.3 Å². The molecule has 0 unspecified atom stereocenters. The largest absolute Gasteiger partial charge is 0.296 e. The summed E-state index contributed by atoms with van der Waals surface area (Å²) in [5.74, 6) is 0. The van der Waals surface area contributed by atoms with Gasteiger partial charge in [0.25, 0.3) is 0 Å². The summed E-state index contributed by atoms with van der Waals surface area (Å²) in [5.41, 5.74) is 4.01. The van der Waals surface area contributed by atoms with E-state index < -0.39 is 6.17 Å². The zero-order valence-corrected chi connectivity index (χ0v) is 10.2. The van der Waals surface area contributed by atoms with Crippen LogP contribution in [0.4, 0.5) is 4.39 Å². The van der Waals surface area contributed by atoms with Crippen molar-refractivity contribution in [3.05, 3.63) is 34.9 Å². The molecule has 88 valence electrons. The normalized spacial score (nSPS) is 22.3. The summed E-state index contributed by atoms with van der Waals surface area (Å²) in [7, 11) is 0. The Bertz CT molecular complexity index is 342. The van der Waals surface area contributed by atoms with E-state index in [-0.39, 0.29) is 0 Å². The van der Waals surface area contributed by atoms with Gasteiger partial charge in [0.1, 0.15) is 6.17 Å². The molecule has 1 fully saturated rings. The molecule has 2 heteroatoms. The molecule has 16 heavy (non-hydrogen) atoms. The highest BCUT2D eigenvalue weighted by Gasteiger charge is 2.19. The maximum absolute atomic E-state index is 13.3. The number of likely N-dealkylation sites (tertiary alicyclic amines) is 1. The summed E-state index contributed by atoms with van der Waals surface area (Å²) in [4.78, 5) is 2.24. The lowest BCUT2D eigenvalue weighted by Crippen LogP contribution is -2.36. The zero-order valence-electron chi connectivity index (χ0n) is 10.2. The Kier molecular flexibility index (Phi) is 3.59. The third-order valence-corrected chi connectivity index (χ3v) is 3.47. The van der Waals surface area contributed by atoms with Crippen molar-refractivity contribution in [1.29, 1.82) is 0 Å². The number of benzene rings is 1. The van der Waals surface area contributed by atoms with Crippen LogP contribution < -0.4 is 0 Å². The van der Waals surface area contributed by atoms with E-state index in [1.807, 2.05) is 0 Å². The number of nitrogens with zero attached hydrogens (tertiary/aromatic N) is 1. The number of alkyl halides is 1. The Morgan fingerprint density at radius 1 is 1.31 bits per heavy atom. The van der Waals surface area contributed by atoms with E-state index in [0.29, 0.717) is 6.54 Å². The number of hydrogen-bond acceptors (Lipinski definition) is 1. The standard InChI is InChI=1S/C14H20FN/c1-11-5-3-6-12(2)14(11)10-16-8-4-7-13(15)9-16/h3,5-6,13H,4,7-10H2,1-2H3/t13-/m1/s1. The van der Waals surface area contributed by atoms with Crippen molar-refractivity contribution in [3.8, 4) is 0 Å². The lowest BCUT2D eigenvalue weighted by atomic mass is 10.0. The van der Waals surface area contributed by atoms with Crippen LogP contribution in [-0.4, -0.2) is 24.2 Å². The number of aryl methyl sites for hydroxylation is 2. The second-order valence-corrected chi connectivity index (χ2v) is 4.84. The predicted molar refractivity (Wildman–Crippen MR) is 65.3 cm³/mol. The lowest BCUT2D eigenvalue weighted by Gasteiger charge is -2.29. The van der Waals surface area contributed by atoms with Crippen molar-refractivity contribution in [2.45, 2.75) is 39.4 Å². The van der Waals surface area contributed by atoms with E-state index in [1.165, 1.54) is 16.7 Å². The van der Waals surface area contributed by atoms with Gasteiger partial charge in [0.15, 0.2) is 0 Å². The summed E-state index contributed by atoms with van der Waals surface area (Å²) in [5, 5.41) is 0. The number of hydrogen-bond donors (Lipinski definition) is 0. The van der Waals surface area contributed by atoms with Crippen LogP contribution in [0.1, 0.15) is 29.5 Å². The number of halogens is 1. The van der Waals surface area contributed by atoms with Gasteiger partial charge in [-0.25, -0.2) is 4.39 Å². The Hall–Kier alpha value is -0.890. The summed E-state index contributed by atoms with van der Waals surface area (Å²) >= 11 is 0. The third kappa shape index (κ3) is 2.62. The summed E-state index contributed by atoms with van der Waals surface area (Å²) < 4.78 is 13.3. The fourth-order valence-electron chi connectivity index (χ4n) is 2.46. The molecule has 0 N–H and O–H groups in total. The van der Waals surface area contributed by atoms with Crippen LogP contribution in [-0.2, 0) is 6.54 Å². The summed E-state index contributed by atoms with van der Waals surface area (Å²) in [6, 6.07) is 6.36. The average molecular weight is 221 g/mol. The highest BCUT2D eigenvalue weighted by Crippen LogP contribution is 2.19. The molecule has 0 spiro atoms. The van der Waals surface area contributed by atoms with Gasteiger partial charge in [-0.1, -0.05) is 18.2 Å². The third-order valence-electron chi connectivity index (χ3n) is 3.47. The first kappa shape index (κ1) is 11.6. The topological polar surface area (TPSA) is 3.24 Å². The molecule has 0 amide bonds. The molecule has 0 bridgehead atoms. The molecule has 0 saturated carbocycles. The number of rotatable bonds is 2. The monoisotopic (exact) mass is 221 g/mol. The molecule has 0 aromatic heterocycles. The van der Waals surface area contributed by atoms with Crippen molar-refractivity contribution < 1.29 is 4.39 Å². The predicted octanol–water partition coefficient (Wildman–Crippen LogP) is 3.24. The second kappa shape index (κ2) is 4.96. The lowest BCUT2D eigenvalue weighted by molar-refractivity contribution is 0.132. The minimum absolute atomic E-state index is 0.605. The van der Waals surface area contributed by atoms with Crippen molar-refractivity contribution in [3.63, 3.8) is 0 Å². The average Bonchev–Trinajstić information content (AvgIpc) is 2.24. The molecule has 1 aliphatic heterocycles. The van der Waals surface area contributed by atoms with Gasteiger partial charge in [-0.3, -0.25) is 4.90 Å². The van der Waals surface area contributed by atoms with Gasteiger partial charge in [0.2, 0.25) is 0 Å². The van der Waals surface area contributed by atoms with E-state index >= 15 is 0 Å². The van der Waals surface area contributed by atoms with Gasteiger partial charge >= 0.3 is 0 Å². The molecule has 1 aliphatic rings. The van der Waals surface area contributed by atoms with Crippen molar-refractivity contribution in [2.75, 3.05) is 13.1 Å². The SMILES string of the molecule is Cc1cccc(C)c1CN1CCC[C@@H](F)C1. The van der Waals surface area contributed by atoms with Gasteiger partial charge in [0.05, 0.1) is 0 Å². The molecule has 2 rings (SSSR count). The van der Waals surface area contributed by atoms with Gasteiger partial charge in [-0.05, 0) is 49.9 Å². The summed E-state index contributed by atoms with van der Waals surface area (Å²) in [6.45, 7) is 6.82. The first-order valence-corrected chi connectivity index (χ1v) is 6.08. The second-order valence-electron chi connectivity index (χ2n) is 4.84. The highest BCUT2D eigenvalue weighted by molar-refractivity contribution is 5.33. The van der Waals surface area contributed by atoms with E-state index in [1.54, 1.807) is 0 Å². The van der Waals surface area contributed by atoms with Crippen molar-refractivity contribution in [1.82, 2.24) is 4.90 Å². The Morgan fingerprint density at radius 2 is 2.00 bits per heavy atom. The minimum Gasteiger partial charge on any atom is -0.296 e. The molecular weight excluding hydrogens is 201 g/mol. The first-order chi connectivity index (χ1) is 7.66. The fraction of sp³-hybridized carbons (Fsp3) is 0.571. The molecule has 1 aromatic rings. The highest BCUT2D eigenvalue weighted by atomic mass is 19.1. The Balaban J connectivity index is 2.08. The molecule has 1 saturated heterocycles. The molecule has 0 radical (unpaired) electrons. The van der Waals surface area contributed by atoms with Gasteiger partial charge < -0.3 is 0 Å². The van der Waals surface area contributed by atoms with Crippen molar-refractivity contribution in [2.24, 2.45) is 0 Å². The maximum Gasteiger partial charge on any atom is 0.113 e. The quantitative estimate of drug-likeness (QED) is 0.741. The zero-order chi connectivity index (χ0) is 11.5. The summed E-state index contributed by atoms with van der Waals surface area (Å²) in [6.07, 6.45) is 1.10. The van der Waals surface area contributed by atoms with Crippen molar-refractivity contribution >= 4 is 0 Å². The van der Waals surface area contributed by atoms with Crippen LogP contribution in [0.5, 0.6) is 0 Å². The first-order valence-electron chi connectivity index (χ1n) is 6.08. The fourth-order valence-corrected chi connectivity index (χ4v) is 2.46. The molecule has 1 heterocycles. The minimum atomic E-state index is -0.627.